The molecule has 1 aromatic carbocycles. The molecule has 0 aliphatic heterocycles. The Labute approximate surface area is 116 Å². The second kappa shape index (κ2) is 9.54. The first kappa shape index (κ1) is 18.9. The molecule has 0 aliphatic carbocycles. The molecule has 0 unspecified atom stereocenters. The summed E-state index contributed by atoms with van der Waals surface area (Å²) >= 11 is 0. The Morgan fingerprint density at radius 3 is 2.12 bits per heavy atom. The van der Waals surface area contributed by atoms with Crippen LogP contribution in [0.15, 0.2) is 24.3 Å². The summed E-state index contributed by atoms with van der Waals surface area (Å²) in [4.78, 5) is 2.21. The molecule has 3 nitrogen and oxygen atoms in total. The number of aromatic hydroxyl groups is 1. The van der Waals surface area contributed by atoms with E-state index in [1.54, 1.807) is 12.1 Å². The van der Waals surface area contributed by atoms with Crippen LogP contribution < -0.4 is 5.32 Å². The number of phenolic OH excluding ortho intramolecular Hbond substituents is 1. The maximum atomic E-state index is 9.18. The van der Waals surface area contributed by atoms with Gasteiger partial charge in [-0.05, 0) is 45.3 Å². The minimum Gasteiger partial charge on any atom is -0.508 e. The highest BCUT2D eigenvalue weighted by Crippen LogP contribution is 2.12. The molecule has 1 atom stereocenters. The Morgan fingerprint density at radius 2 is 1.71 bits per heavy atom. The highest BCUT2D eigenvalue weighted by Gasteiger charge is 2.10. The predicted octanol–water partition coefficient (Wildman–Crippen LogP) is 1.93. The topological polar surface area (TPSA) is 35.5 Å². The molecule has 0 saturated heterocycles. The second-order valence-electron chi connectivity index (χ2n) is 4.05. The molecule has 1 aromatic rings. The van der Waals surface area contributed by atoms with Crippen molar-refractivity contribution in [2.75, 3.05) is 27.7 Å². The minimum absolute atomic E-state index is 0. The van der Waals surface area contributed by atoms with Gasteiger partial charge in [0, 0.05) is 12.6 Å². The second-order valence-corrected chi connectivity index (χ2v) is 4.05. The van der Waals surface area contributed by atoms with Crippen LogP contribution in [0.5, 0.6) is 5.75 Å². The molecule has 0 fully saturated rings. The Morgan fingerprint density at radius 1 is 1.18 bits per heavy atom. The van der Waals surface area contributed by atoms with Crippen molar-refractivity contribution in [1.82, 2.24) is 10.2 Å². The van der Waals surface area contributed by atoms with Gasteiger partial charge in [0.2, 0.25) is 0 Å². The van der Waals surface area contributed by atoms with E-state index in [2.05, 4.69) is 24.3 Å². The number of hydrogen-bond donors (Lipinski definition) is 2. The fraction of sp³-hybridized carbons (Fsp3) is 0.500. The summed E-state index contributed by atoms with van der Waals surface area (Å²) in [6.45, 7) is 0.966. The van der Waals surface area contributed by atoms with E-state index in [9.17, 15) is 5.11 Å². The molecule has 2 N–H and O–H groups in total. The van der Waals surface area contributed by atoms with E-state index in [1.165, 1.54) is 5.56 Å². The predicted molar refractivity (Wildman–Crippen MR) is 77.7 cm³/mol. The van der Waals surface area contributed by atoms with Gasteiger partial charge in [-0.2, -0.15) is 0 Å². The van der Waals surface area contributed by atoms with Gasteiger partial charge in [-0.3, -0.25) is 0 Å². The van der Waals surface area contributed by atoms with Gasteiger partial charge >= 0.3 is 0 Å². The van der Waals surface area contributed by atoms with Crippen molar-refractivity contribution in [1.29, 1.82) is 0 Å². The number of halogens is 2. The van der Waals surface area contributed by atoms with Crippen LogP contribution in [-0.2, 0) is 6.42 Å². The minimum atomic E-state index is 0. The van der Waals surface area contributed by atoms with Crippen molar-refractivity contribution >= 4 is 24.8 Å². The van der Waals surface area contributed by atoms with Crippen LogP contribution in [-0.4, -0.2) is 43.7 Å². The highest BCUT2D eigenvalue weighted by atomic mass is 35.5. The largest absolute Gasteiger partial charge is 0.508 e. The summed E-state index contributed by atoms with van der Waals surface area (Å²) < 4.78 is 0. The monoisotopic (exact) mass is 280 g/mol. The number of nitrogens with one attached hydrogen (secondary N) is 1. The van der Waals surface area contributed by atoms with Crippen LogP contribution in [0, 0.1) is 0 Å². The molecule has 0 bridgehead atoms. The summed E-state index contributed by atoms with van der Waals surface area (Å²) in [7, 11) is 6.14. The zero-order valence-electron chi connectivity index (χ0n) is 10.5. The molecule has 17 heavy (non-hydrogen) atoms. The van der Waals surface area contributed by atoms with Crippen LogP contribution in [0.2, 0.25) is 0 Å². The molecule has 0 heterocycles. The van der Waals surface area contributed by atoms with Crippen molar-refractivity contribution in [2.24, 2.45) is 0 Å². The maximum absolute atomic E-state index is 9.18. The molecular formula is C12H22Cl2N2O. The lowest BCUT2D eigenvalue weighted by Crippen LogP contribution is -2.38. The van der Waals surface area contributed by atoms with Gasteiger partial charge in [0.25, 0.3) is 0 Å². The van der Waals surface area contributed by atoms with E-state index >= 15 is 0 Å². The van der Waals surface area contributed by atoms with E-state index in [0.717, 1.165) is 13.0 Å². The number of phenols is 1. The Hall–Kier alpha value is -0.480. The lowest BCUT2D eigenvalue weighted by molar-refractivity contribution is 0.286. The van der Waals surface area contributed by atoms with Gasteiger partial charge < -0.3 is 15.3 Å². The summed E-state index contributed by atoms with van der Waals surface area (Å²) in [5.41, 5.74) is 1.25. The first-order valence-corrected chi connectivity index (χ1v) is 5.22. The molecule has 0 aromatic heterocycles. The number of rotatable bonds is 5. The van der Waals surface area contributed by atoms with Crippen molar-refractivity contribution in [3.63, 3.8) is 0 Å². The molecule has 0 amide bonds. The lowest BCUT2D eigenvalue weighted by Gasteiger charge is -2.24. The number of benzene rings is 1. The smallest absolute Gasteiger partial charge is 0.115 e. The van der Waals surface area contributed by atoms with Gasteiger partial charge in [-0.15, -0.1) is 24.8 Å². The Balaban J connectivity index is 0. The van der Waals surface area contributed by atoms with Crippen molar-refractivity contribution in [3.8, 4) is 5.75 Å². The molecule has 100 valence electrons. The average Bonchev–Trinajstić information content (AvgIpc) is 2.20. The van der Waals surface area contributed by atoms with Crippen LogP contribution in [0.25, 0.3) is 0 Å². The van der Waals surface area contributed by atoms with Crippen molar-refractivity contribution < 1.29 is 5.11 Å². The molecule has 1 rings (SSSR count). The van der Waals surface area contributed by atoms with Gasteiger partial charge in [0.1, 0.15) is 5.75 Å². The average molecular weight is 281 g/mol. The summed E-state index contributed by atoms with van der Waals surface area (Å²) in [5, 5.41) is 12.4. The number of hydrogen-bond acceptors (Lipinski definition) is 3. The molecule has 0 aliphatic rings. The molecular weight excluding hydrogens is 259 g/mol. The van der Waals surface area contributed by atoms with E-state index in [4.69, 9.17) is 0 Å². The van der Waals surface area contributed by atoms with Crippen molar-refractivity contribution in [2.45, 2.75) is 12.5 Å². The fourth-order valence-electron chi connectivity index (χ4n) is 1.58. The maximum Gasteiger partial charge on any atom is 0.115 e. The zero-order chi connectivity index (χ0) is 11.3. The Kier molecular flexibility index (Phi) is 10.6. The quantitative estimate of drug-likeness (QED) is 0.865. The number of likely N-dealkylation sites (N-methyl/N-ethyl adjacent to an activating group) is 2. The third-order valence-electron chi connectivity index (χ3n) is 2.58. The fourth-order valence-corrected chi connectivity index (χ4v) is 1.58. The summed E-state index contributed by atoms with van der Waals surface area (Å²) in [6.07, 6.45) is 0.994. The van der Waals surface area contributed by atoms with Crippen LogP contribution in [0.3, 0.4) is 0 Å². The lowest BCUT2D eigenvalue weighted by atomic mass is 10.1. The van der Waals surface area contributed by atoms with Gasteiger partial charge in [0.05, 0.1) is 0 Å². The summed E-state index contributed by atoms with van der Waals surface area (Å²) in [5.74, 6) is 0.328. The van der Waals surface area contributed by atoms with Gasteiger partial charge in [-0.1, -0.05) is 12.1 Å². The highest BCUT2D eigenvalue weighted by molar-refractivity contribution is 5.85. The molecule has 0 radical (unpaired) electrons. The van der Waals surface area contributed by atoms with Gasteiger partial charge in [0.15, 0.2) is 0 Å². The van der Waals surface area contributed by atoms with Crippen molar-refractivity contribution in [3.05, 3.63) is 29.8 Å². The Bertz CT molecular complexity index is 291. The first-order valence-electron chi connectivity index (χ1n) is 5.22. The molecule has 0 spiro atoms. The zero-order valence-corrected chi connectivity index (χ0v) is 12.1. The van der Waals surface area contributed by atoms with E-state index in [-0.39, 0.29) is 24.8 Å². The SMILES string of the molecule is CNC[C@@H](Cc1ccc(O)cc1)N(C)C.Cl.Cl. The number of nitrogens with zero attached hydrogens (tertiary/aromatic N) is 1. The molecule has 5 heteroatoms. The summed E-state index contributed by atoms with van der Waals surface area (Å²) in [6, 6.07) is 7.91. The van der Waals surface area contributed by atoms with E-state index in [0.29, 0.717) is 11.8 Å². The van der Waals surface area contributed by atoms with E-state index < -0.39 is 0 Å². The van der Waals surface area contributed by atoms with Crippen LogP contribution >= 0.6 is 24.8 Å². The first-order chi connectivity index (χ1) is 7.13. The normalized spacial score (nSPS) is 11.5. The van der Waals surface area contributed by atoms with Gasteiger partial charge in [-0.25, -0.2) is 0 Å². The van der Waals surface area contributed by atoms with E-state index in [1.807, 2.05) is 19.2 Å². The molecule has 0 saturated carbocycles. The third kappa shape index (κ3) is 6.74. The van der Waals surface area contributed by atoms with Crippen LogP contribution in [0.4, 0.5) is 0 Å². The standard InChI is InChI=1S/C12H20N2O.2ClH/c1-13-9-11(14(2)3)8-10-4-6-12(15)7-5-10;;/h4-7,11,13,15H,8-9H2,1-3H3;2*1H/t11-;;/m1../s1. The third-order valence-corrected chi connectivity index (χ3v) is 2.58. The van der Waals surface area contributed by atoms with Crippen LogP contribution in [0.1, 0.15) is 5.56 Å².